The molecular formula is C20H17ClLiO2P. The first-order valence-electron chi connectivity index (χ1n) is 7.53. The summed E-state index contributed by atoms with van der Waals surface area (Å²) in [5.74, 6) is 1.53. The van der Waals surface area contributed by atoms with Crippen LogP contribution in [0.25, 0.3) is 0 Å². The van der Waals surface area contributed by atoms with E-state index < -0.39 is 0 Å². The minimum absolute atomic E-state index is 0. The van der Waals surface area contributed by atoms with Crippen LogP contribution in [-0.2, 0) is 0 Å². The molecule has 25 heavy (non-hydrogen) atoms. The van der Waals surface area contributed by atoms with Crippen molar-refractivity contribution in [1.82, 2.24) is 0 Å². The number of carbonyl (C=O) groups is 1. The second-order valence-electron chi connectivity index (χ2n) is 5.33. The van der Waals surface area contributed by atoms with Gasteiger partial charge in [-0.3, -0.25) is 4.79 Å². The summed E-state index contributed by atoms with van der Waals surface area (Å²) in [6, 6.07) is 22.7. The molecule has 0 fully saturated rings. The number of carbonyl (C=O) groups excluding carboxylic acids is 1. The number of halogens is 1. The monoisotopic (exact) mass is 362 g/mol. The molecule has 2 nitrogen and oxygen atoms in total. The summed E-state index contributed by atoms with van der Waals surface area (Å²) in [7, 11) is 0.0338. The smallest absolute Gasteiger partial charge is 1.00 e. The number of hydrogen-bond acceptors (Lipinski definition) is 2. The molecule has 0 radical (unpaired) electrons. The molecule has 3 aromatic carbocycles. The number of benzene rings is 3. The van der Waals surface area contributed by atoms with E-state index in [1.165, 1.54) is 0 Å². The fraction of sp³-hybridized carbons (Fsp3) is 0.0500. The van der Waals surface area contributed by atoms with Crippen LogP contribution in [0.5, 0.6) is 11.5 Å². The Morgan fingerprint density at radius 3 is 2.20 bits per heavy atom. The molecule has 0 N–H and O–H groups in total. The maximum atomic E-state index is 12.5. The van der Waals surface area contributed by atoms with Crippen molar-refractivity contribution in [2.45, 2.75) is 6.92 Å². The number of hydrogen-bond donors (Lipinski definition) is 0. The Kier molecular flexibility index (Phi) is 7.30. The summed E-state index contributed by atoms with van der Waals surface area (Å²) in [6.07, 6.45) is 0. The molecule has 0 aromatic heterocycles. The van der Waals surface area contributed by atoms with Gasteiger partial charge in [0.2, 0.25) is 0 Å². The van der Waals surface area contributed by atoms with Crippen LogP contribution in [0.1, 0.15) is 17.3 Å². The standard InChI is InChI=1S/C20H16ClO2P.Li.H/c1-14-6-5-9-18(21)19(14)20(22)24-17-12-10-16(11-13-17)23-15-7-3-2-4-8-15;;/h2-13,24H,1H3;;/q;+1;-1. The summed E-state index contributed by atoms with van der Waals surface area (Å²) >= 11 is 6.17. The predicted octanol–water partition coefficient (Wildman–Crippen LogP) is 2.70. The molecule has 0 amide bonds. The van der Waals surface area contributed by atoms with Crippen molar-refractivity contribution in [3.8, 4) is 11.5 Å². The molecule has 122 valence electrons. The van der Waals surface area contributed by atoms with E-state index in [-0.39, 0.29) is 34.4 Å². The van der Waals surface area contributed by atoms with Crippen LogP contribution in [0.2, 0.25) is 5.02 Å². The predicted molar refractivity (Wildman–Crippen MR) is 103 cm³/mol. The van der Waals surface area contributed by atoms with Crippen LogP contribution in [-0.4, -0.2) is 5.52 Å². The van der Waals surface area contributed by atoms with Crippen molar-refractivity contribution in [2.75, 3.05) is 0 Å². The van der Waals surface area contributed by atoms with Crippen molar-refractivity contribution >= 4 is 31.0 Å². The molecule has 0 saturated carbocycles. The molecule has 0 saturated heterocycles. The van der Waals surface area contributed by atoms with Crippen molar-refractivity contribution in [1.29, 1.82) is 0 Å². The Labute approximate surface area is 168 Å². The van der Waals surface area contributed by atoms with Crippen molar-refractivity contribution < 1.29 is 29.8 Å². The molecule has 3 aromatic rings. The zero-order chi connectivity index (χ0) is 16.9. The van der Waals surface area contributed by atoms with Gasteiger partial charge in [0.1, 0.15) is 11.5 Å². The number of aryl methyl sites for hydroxylation is 1. The average molecular weight is 363 g/mol. The molecule has 0 bridgehead atoms. The zero-order valence-corrected chi connectivity index (χ0v) is 15.9. The first-order chi connectivity index (χ1) is 11.6. The Balaban J connectivity index is 0.00000169. The van der Waals surface area contributed by atoms with Gasteiger partial charge in [-0.05, 0) is 56.7 Å². The normalized spacial score (nSPS) is 10.5. The molecule has 1 unspecified atom stereocenters. The minimum Gasteiger partial charge on any atom is -1.00 e. The quantitative estimate of drug-likeness (QED) is 0.515. The fourth-order valence-corrected chi connectivity index (χ4v) is 3.78. The second kappa shape index (κ2) is 9.23. The second-order valence-corrected chi connectivity index (χ2v) is 7.01. The summed E-state index contributed by atoms with van der Waals surface area (Å²) in [4.78, 5) is 12.5. The zero-order valence-electron chi connectivity index (χ0n) is 15.1. The SMILES string of the molecule is Cc1cccc(Cl)c1C(=O)Pc1ccc(Oc2ccccc2)cc1.[H-].[Li+]. The molecule has 0 spiro atoms. The first kappa shape index (κ1) is 19.8. The third kappa shape index (κ3) is 5.21. The van der Waals surface area contributed by atoms with E-state index in [4.69, 9.17) is 16.3 Å². The topological polar surface area (TPSA) is 26.3 Å². The third-order valence-electron chi connectivity index (χ3n) is 3.54. The largest absolute Gasteiger partial charge is 1.00 e. The average Bonchev–Trinajstić information content (AvgIpc) is 2.57. The minimum atomic E-state index is 0. The molecule has 5 heteroatoms. The van der Waals surface area contributed by atoms with Gasteiger partial charge in [0.05, 0.1) is 5.02 Å². The van der Waals surface area contributed by atoms with Gasteiger partial charge >= 0.3 is 18.9 Å². The molecule has 0 aliphatic heterocycles. The van der Waals surface area contributed by atoms with E-state index in [0.717, 1.165) is 22.4 Å². The molecule has 1 atom stereocenters. The Morgan fingerprint density at radius 1 is 0.920 bits per heavy atom. The molecule has 0 aliphatic carbocycles. The van der Waals surface area contributed by atoms with Gasteiger partial charge in [0, 0.05) is 5.56 Å². The number of rotatable bonds is 5. The van der Waals surface area contributed by atoms with Gasteiger partial charge in [-0.15, -0.1) is 0 Å². The number of para-hydroxylation sites is 1. The van der Waals surface area contributed by atoms with E-state index in [1.807, 2.05) is 73.7 Å². The van der Waals surface area contributed by atoms with Crippen molar-refractivity contribution in [3.05, 3.63) is 88.9 Å². The number of ether oxygens (including phenoxy) is 1. The van der Waals surface area contributed by atoms with Crippen LogP contribution in [0, 0.1) is 6.92 Å². The van der Waals surface area contributed by atoms with E-state index in [0.29, 0.717) is 10.6 Å². The summed E-state index contributed by atoms with van der Waals surface area (Å²) in [6.45, 7) is 1.90. The fourth-order valence-electron chi connectivity index (χ4n) is 2.34. The van der Waals surface area contributed by atoms with Gasteiger partial charge < -0.3 is 6.16 Å². The van der Waals surface area contributed by atoms with Crippen LogP contribution >= 0.6 is 20.2 Å². The maximum absolute atomic E-state index is 12.5. The van der Waals surface area contributed by atoms with Crippen molar-refractivity contribution in [2.24, 2.45) is 0 Å². The van der Waals surface area contributed by atoms with E-state index in [9.17, 15) is 4.79 Å². The molecule has 0 heterocycles. The first-order valence-corrected chi connectivity index (χ1v) is 8.91. The molecular weight excluding hydrogens is 346 g/mol. The van der Waals surface area contributed by atoms with Crippen molar-refractivity contribution in [3.63, 3.8) is 0 Å². The van der Waals surface area contributed by atoms with Gasteiger partial charge in [-0.25, -0.2) is 0 Å². The third-order valence-corrected chi connectivity index (χ3v) is 4.95. The van der Waals surface area contributed by atoms with Crippen LogP contribution in [0.4, 0.5) is 0 Å². The van der Waals surface area contributed by atoms with Crippen LogP contribution < -0.4 is 28.9 Å². The van der Waals surface area contributed by atoms with E-state index >= 15 is 0 Å². The summed E-state index contributed by atoms with van der Waals surface area (Å²) < 4.78 is 5.76. The summed E-state index contributed by atoms with van der Waals surface area (Å²) in [5.41, 5.74) is 1.57. The van der Waals surface area contributed by atoms with E-state index in [2.05, 4.69) is 0 Å². The van der Waals surface area contributed by atoms with Crippen LogP contribution in [0.15, 0.2) is 72.8 Å². The Morgan fingerprint density at radius 2 is 1.56 bits per heavy atom. The summed E-state index contributed by atoms with van der Waals surface area (Å²) in [5, 5.41) is 1.47. The van der Waals surface area contributed by atoms with Gasteiger partial charge in [-0.2, -0.15) is 0 Å². The van der Waals surface area contributed by atoms with Gasteiger partial charge in [-0.1, -0.05) is 54.1 Å². The Hall–Kier alpha value is -1.55. The molecule has 0 aliphatic rings. The van der Waals surface area contributed by atoms with Gasteiger partial charge in [0.15, 0.2) is 5.52 Å². The van der Waals surface area contributed by atoms with Crippen LogP contribution in [0.3, 0.4) is 0 Å². The maximum Gasteiger partial charge on any atom is 1.00 e. The van der Waals surface area contributed by atoms with Gasteiger partial charge in [0.25, 0.3) is 0 Å². The van der Waals surface area contributed by atoms with E-state index in [1.54, 1.807) is 6.07 Å². The molecule has 3 rings (SSSR count). The Bertz CT molecular complexity index is 837.